The minimum Gasteiger partial charge on any atom is -0.441 e. The van der Waals surface area contributed by atoms with Gasteiger partial charge in [0.05, 0.1) is 6.61 Å². The molecule has 0 spiro atoms. The summed E-state index contributed by atoms with van der Waals surface area (Å²) >= 11 is 0. The number of amides is 1. The summed E-state index contributed by atoms with van der Waals surface area (Å²) in [5, 5.41) is 0. The molecule has 152 valence electrons. The highest BCUT2D eigenvalue weighted by molar-refractivity contribution is 5.97. The second kappa shape index (κ2) is 9.23. The van der Waals surface area contributed by atoms with Crippen LogP contribution in [-0.2, 0) is 17.6 Å². The smallest absolute Gasteiger partial charge is 0.253 e. The van der Waals surface area contributed by atoms with Gasteiger partial charge in [-0.05, 0) is 55.4 Å². The third-order valence-corrected chi connectivity index (χ3v) is 5.79. The molecule has 4 rings (SSSR count). The number of aromatic nitrogens is 1. The Bertz CT molecular complexity index is 943. The van der Waals surface area contributed by atoms with Gasteiger partial charge in [-0.2, -0.15) is 0 Å². The highest BCUT2D eigenvalue weighted by Crippen LogP contribution is 2.25. The number of hydrogen-bond acceptors (Lipinski definition) is 4. The summed E-state index contributed by atoms with van der Waals surface area (Å²) in [4.78, 5) is 19.4. The number of hydrogen-bond donors (Lipinski definition) is 0. The summed E-state index contributed by atoms with van der Waals surface area (Å²) in [5.41, 5.74) is 3.53. The molecule has 29 heavy (non-hydrogen) atoms. The molecule has 1 amide bonds. The molecule has 1 aliphatic rings. The molecule has 0 saturated carbocycles. The molecule has 1 saturated heterocycles. The standard InChI is InChI=1S/C24H28N2O3/c1-28-16-13-23-25-21-10-9-20(17-22(21)29-23)24(27)26-14-11-19(12-15-26)8-7-18-5-3-2-4-6-18/h2-6,9-10,17,19H,7-8,11-16H2,1H3. The van der Waals surface area contributed by atoms with Crippen molar-refractivity contribution >= 4 is 17.0 Å². The highest BCUT2D eigenvalue weighted by atomic mass is 16.5. The van der Waals surface area contributed by atoms with E-state index < -0.39 is 0 Å². The van der Waals surface area contributed by atoms with Crippen molar-refractivity contribution in [2.45, 2.75) is 32.1 Å². The number of benzene rings is 2. The van der Waals surface area contributed by atoms with Crippen molar-refractivity contribution < 1.29 is 13.9 Å². The number of ether oxygens (including phenoxy) is 1. The summed E-state index contributed by atoms with van der Waals surface area (Å²) in [5.74, 6) is 1.42. The molecule has 0 aliphatic carbocycles. The van der Waals surface area contributed by atoms with Crippen molar-refractivity contribution in [2.75, 3.05) is 26.8 Å². The van der Waals surface area contributed by atoms with Crippen LogP contribution in [0.25, 0.3) is 11.1 Å². The van der Waals surface area contributed by atoms with Gasteiger partial charge in [-0.15, -0.1) is 0 Å². The van der Waals surface area contributed by atoms with Crippen molar-refractivity contribution in [3.05, 3.63) is 65.5 Å². The molecule has 0 radical (unpaired) electrons. The van der Waals surface area contributed by atoms with Gasteiger partial charge in [0.25, 0.3) is 5.91 Å². The molecule has 1 fully saturated rings. The maximum absolute atomic E-state index is 13.0. The van der Waals surface area contributed by atoms with Crippen LogP contribution in [0.2, 0.25) is 0 Å². The fourth-order valence-electron chi connectivity index (χ4n) is 4.02. The zero-order chi connectivity index (χ0) is 20.1. The average molecular weight is 392 g/mol. The molecule has 1 aromatic heterocycles. The molecule has 2 heterocycles. The van der Waals surface area contributed by atoms with Crippen LogP contribution < -0.4 is 0 Å². The summed E-state index contributed by atoms with van der Waals surface area (Å²) in [6.45, 7) is 2.22. The van der Waals surface area contributed by atoms with E-state index in [1.165, 1.54) is 12.0 Å². The third kappa shape index (κ3) is 4.85. The maximum atomic E-state index is 13.0. The zero-order valence-electron chi connectivity index (χ0n) is 17.0. The van der Waals surface area contributed by atoms with Crippen molar-refractivity contribution in [1.29, 1.82) is 0 Å². The normalized spacial score (nSPS) is 15.1. The minimum absolute atomic E-state index is 0.0863. The topological polar surface area (TPSA) is 55.6 Å². The molecule has 2 aromatic carbocycles. The first-order valence-electron chi connectivity index (χ1n) is 10.4. The number of oxazole rings is 1. The highest BCUT2D eigenvalue weighted by Gasteiger charge is 2.24. The van der Waals surface area contributed by atoms with Crippen molar-refractivity contribution in [2.24, 2.45) is 5.92 Å². The SMILES string of the molecule is COCCc1nc2ccc(C(=O)N3CCC(CCc4ccccc4)CC3)cc2o1. The van der Waals surface area contributed by atoms with Crippen LogP contribution in [0.1, 0.15) is 41.1 Å². The van der Waals surface area contributed by atoms with E-state index in [4.69, 9.17) is 9.15 Å². The van der Waals surface area contributed by atoms with Crippen molar-refractivity contribution in [3.63, 3.8) is 0 Å². The molecule has 0 bridgehead atoms. The molecule has 5 nitrogen and oxygen atoms in total. The van der Waals surface area contributed by atoms with Crippen LogP contribution in [0.15, 0.2) is 52.9 Å². The van der Waals surface area contributed by atoms with Gasteiger partial charge in [-0.3, -0.25) is 4.79 Å². The number of carbonyl (C=O) groups is 1. The number of nitrogens with zero attached hydrogens (tertiary/aromatic N) is 2. The Kier molecular flexibility index (Phi) is 6.25. The van der Waals surface area contributed by atoms with E-state index in [1.807, 2.05) is 23.1 Å². The number of likely N-dealkylation sites (tertiary alicyclic amines) is 1. The zero-order valence-corrected chi connectivity index (χ0v) is 17.0. The average Bonchev–Trinajstić information content (AvgIpc) is 3.19. The molecule has 0 unspecified atom stereocenters. The maximum Gasteiger partial charge on any atom is 0.253 e. The van der Waals surface area contributed by atoms with Crippen LogP contribution in [0, 0.1) is 5.92 Å². The molecular weight excluding hydrogens is 364 g/mol. The second-order valence-electron chi connectivity index (χ2n) is 7.79. The van der Waals surface area contributed by atoms with E-state index in [2.05, 4.69) is 35.3 Å². The first-order chi connectivity index (χ1) is 14.2. The van der Waals surface area contributed by atoms with Gasteiger partial charge in [0.2, 0.25) is 0 Å². The number of aryl methyl sites for hydroxylation is 1. The Hall–Kier alpha value is -2.66. The lowest BCUT2D eigenvalue weighted by atomic mass is 9.90. The third-order valence-electron chi connectivity index (χ3n) is 5.79. The van der Waals surface area contributed by atoms with Crippen molar-refractivity contribution in [1.82, 2.24) is 9.88 Å². The summed E-state index contributed by atoms with van der Waals surface area (Å²) in [7, 11) is 1.66. The molecular formula is C24H28N2O3. The number of rotatable bonds is 7. The van der Waals surface area contributed by atoms with E-state index in [9.17, 15) is 4.79 Å². The first-order valence-corrected chi connectivity index (χ1v) is 10.4. The Morgan fingerprint density at radius 2 is 1.93 bits per heavy atom. The lowest BCUT2D eigenvalue weighted by molar-refractivity contribution is 0.0687. The van der Waals surface area contributed by atoms with E-state index in [0.717, 1.165) is 37.9 Å². The Morgan fingerprint density at radius 1 is 1.14 bits per heavy atom. The second-order valence-corrected chi connectivity index (χ2v) is 7.79. The number of methoxy groups -OCH3 is 1. The van der Waals surface area contributed by atoms with Crippen LogP contribution in [-0.4, -0.2) is 42.6 Å². The van der Waals surface area contributed by atoms with Gasteiger partial charge in [-0.1, -0.05) is 30.3 Å². The lowest BCUT2D eigenvalue weighted by Gasteiger charge is -2.32. The van der Waals surface area contributed by atoms with Gasteiger partial charge >= 0.3 is 0 Å². The van der Waals surface area contributed by atoms with Gasteiger partial charge < -0.3 is 14.1 Å². The Balaban J connectivity index is 1.33. The monoisotopic (exact) mass is 392 g/mol. The molecule has 1 aliphatic heterocycles. The quantitative estimate of drug-likeness (QED) is 0.594. The molecule has 0 atom stereocenters. The summed E-state index contributed by atoms with van der Waals surface area (Å²) in [6.07, 6.45) is 5.09. The minimum atomic E-state index is 0.0863. The molecule has 0 N–H and O–H groups in total. The Labute approximate surface area is 171 Å². The van der Waals surface area contributed by atoms with E-state index in [-0.39, 0.29) is 5.91 Å². The van der Waals surface area contributed by atoms with E-state index >= 15 is 0 Å². The van der Waals surface area contributed by atoms with E-state index in [0.29, 0.717) is 36.0 Å². The summed E-state index contributed by atoms with van der Waals surface area (Å²) < 4.78 is 10.9. The van der Waals surface area contributed by atoms with Crippen molar-refractivity contribution in [3.8, 4) is 0 Å². The predicted molar refractivity (Wildman–Crippen MR) is 113 cm³/mol. The summed E-state index contributed by atoms with van der Waals surface area (Å²) in [6, 6.07) is 16.2. The van der Waals surface area contributed by atoms with E-state index in [1.54, 1.807) is 7.11 Å². The van der Waals surface area contributed by atoms with Crippen LogP contribution in [0.5, 0.6) is 0 Å². The van der Waals surface area contributed by atoms with Gasteiger partial charge in [0.1, 0.15) is 5.52 Å². The number of fused-ring (bicyclic) bond motifs is 1. The Morgan fingerprint density at radius 3 is 2.69 bits per heavy atom. The molecule has 5 heteroatoms. The predicted octanol–water partition coefficient (Wildman–Crippen LogP) is 4.50. The largest absolute Gasteiger partial charge is 0.441 e. The van der Waals surface area contributed by atoms with Crippen LogP contribution in [0.3, 0.4) is 0 Å². The number of carbonyl (C=O) groups excluding carboxylic acids is 1. The lowest BCUT2D eigenvalue weighted by Crippen LogP contribution is -2.38. The van der Waals surface area contributed by atoms with Crippen LogP contribution in [0.4, 0.5) is 0 Å². The number of piperidine rings is 1. The fraction of sp³-hybridized carbons (Fsp3) is 0.417. The van der Waals surface area contributed by atoms with Crippen LogP contribution >= 0.6 is 0 Å². The van der Waals surface area contributed by atoms with Gasteiger partial charge in [-0.25, -0.2) is 4.98 Å². The first kappa shape index (κ1) is 19.6. The fourth-order valence-corrected chi connectivity index (χ4v) is 4.02. The van der Waals surface area contributed by atoms with Gasteiger partial charge in [0, 0.05) is 32.2 Å². The molecule has 3 aromatic rings. The van der Waals surface area contributed by atoms with Gasteiger partial charge in [0.15, 0.2) is 11.5 Å².